The number of benzene rings is 1. The van der Waals surface area contributed by atoms with Crippen molar-refractivity contribution in [2.24, 2.45) is 0 Å². The summed E-state index contributed by atoms with van der Waals surface area (Å²) in [5, 5.41) is 10.9. The maximum Gasteiger partial charge on any atom is 0.360 e. The summed E-state index contributed by atoms with van der Waals surface area (Å²) in [6, 6.07) is 5.98. The number of ether oxygens (including phenoxy) is 1. The molecular weight excluding hydrogens is 377 g/mol. The van der Waals surface area contributed by atoms with Crippen LogP contribution in [0.25, 0.3) is 0 Å². The summed E-state index contributed by atoms with van der Waals surface area (Å²) >= 11 is 0. The van der Waals surface area contributed by atoms with Gasteiger partial charge in [-0.3, -0.25) is 9.69 Å². The van der Waals surface area contributed by atoms with Crippen molar-refractivity contribution in [2.45, 2.75) is 38.3 Å². The SMILES string of the molecule is CCCN1C[C@@H](n2cc(C(=O)OC)nn2)C[C@H]1C(=O)NCCc1ccc(F)cc1. The molecule has 2 heterocycles. The van der Waals surface area contributed by atoms with Gasteiger partial charge in [0.1, 0.15) is 5.82 Å². The van der Waals surface area contributed by atoms with E-state index < -0.39 is 5.97 Å². The first kappa shape index (κ1) is 20.9. The van der Waals surface area contributed by atoms with Gasteiger partial charge in [0.05, 0.1) is 25.4 Å². The van der Waals surface area contributed by atoms with E-state index in [0.717, 1.165) is 18.5 Å². The number of likely N-dealkylation sites (tertiary alicyclic amines) is 1. The Hall–Kier alpha value is -2.81. The molecule has 1 N–H and O–H groups in total. The first-order chi connectivity index (χ1) is 14.0. The van der Waals surface area contributed by atoms with Gasteiger partial charge in [0.2, 0.25) is 5.91 Å². The van der Waals surface area contributed by atoms with Crippen LogP contribution in [0.1, 0.15) is 41.9 Å². The average Bonchev–Trinajstić information content (AvgIpc) is 3.36. The fourth-order valence-electron chi connectivity index (χ4n) is 3.63. The van der Waals surface area contributed by atoms with Crippen LogP contribution >= 0.6 is 0 Å². The van der Waals surface area contributed by atoms with Crippen LogP contribution in [0, 0.1) is 5.82 Å². The lowest BCUT2D eigenvalue weighted by atomic mass is 10.1. The predicted octanol–water partition coefficient (Wildman–Crippen LogP) is 1.59. The van der Waals surface area contributed by atoms with Crippen molar-refractivity contribution in [2.75, 3.05) is 26.7 Å². The maximum atomic E-state index is 13.0. The lowest BCUT2D eigenvalue weighted by molar-refractivity contribution is -0.125. The van der Waals surface area contributed by atoms with Crippen LogP contribution in [0.15, 0.2) is 30.5 Å². The minimum absolute atomic E-state index is 0.0311. The third-order valence-electron chi connectivity index (χ3n) is 5.10. The summed E-state index contributed by atoms with van der Waals surface area (Å²) < 4.78 is 19.3. The average molecular weight is 403 g/mol. The molecule has 1 aliphatic rings. The van der Waals surface area contributed by atoms with Crippen molar-refractivity contribution in [3.05, 3.63) is 47.5 Å². The van der Waals surface area contributed by atoms with Gasteiger partial charge in [0.25, 0.3) is 0 Å². The summed E-state index contributed by atoms with van der Waals surface area (Å²) in [5.74, 6) is -0.834. The van der Waals surface area contributed by atoms with Crippen LogP contribution in [0.5, 0.6) is 0 Å². The number of hydrogen-bond acceptors (Lipinski definition) is 6. The molecule has 0 bridgehead atoms. The number of carbonyl (C=O) groups is 2. The third-order valence-corrected chi connectivity index (χ3v) is 5.10. The zero-order valence-corrected chi connectivity index (χ0v) is 16.7. The molecule has 0 spiro atoms. The van der Waals surface area contributed by atoms with E-state index in [1.807, 2.05) is 0 Å². The fourth-order valence-corrected chi connectivity index (χ4v) is 3.63. The molecule has 3 rings (SSSR count). The highest BCUT2D eigenvalue weighted by atomic mass is 19.1. The molecule has 2 atom stereocenters. The van der Waals surface area contributed by atoms with Gasteiger partial charge in [-0.25, -0.2) is 13.9 Å². The Balaban J connectivity index is 1.59. The molecule has 1 aromatic heterocycles. The summed E-state index contributed by atoms with van der Waals surface area (Å²) in [5.41, 5.74) is 1.13. The topological polar surface area (TPSA) is 89.3 Å². The molecule has 9 heteroatoms. The lowest BCUT2D eigenvalue weighted by Gasteiger charge is -2.22. The van der Waals surface area contributed by atoms with E-state index in [4.69, 9.17) is 0 Å². The Morgan fingerprint density at radius 1 is 1.31 bits per heavy atom. The van der Waals surface area contributed by atoms with Gasteiger partial charge in [0, 0.05) is 13.1 Å². The Morgan fingerprint density at radius 3 is 2.76 bits per heavy atom. The maximum absolute atomic E-state index is 13.0. The van der Waals surface area contributed by atoms with Crippen LogP contribution in [-0.2, 0) is 16.0 Å². The molecule has 0 saturated carbocycles. The van der Waals surface area contributed by atoms with Gasteiger partial charge in [-0.15, -0.1) is 5.10 Å². The van der Waals surface area contributed by atoms with Crippen molar-refractivity contribution in [3.63, 3.8) is 0 Å². The highest BCUT2D eigenvalue weighted by Crippen LogP contribution is 2.27. The molecule has 156 valence electrons. The van der Waals surface area contributed by atoms with Gasteiger partial charge < -0.3 is 10.1 Å². The molecule has 1 saturated heterocycles. The van der Waals surface area contributed by atoms with E-state index in [9.17, 15) is 14.0 Å². The lowest BCUT2D eigenvalue weighted by Crippen LogP contribution is -2.44. The zero-order chi connectivity index (χ0) is 20.8. The Kier molecular flexibility index (Phi) is 6.92. The molecule has 8 nitrogen and oxygen atoms in total. The zero-order valence-electron chi connectivity index (χ0n) is 16.7. The largest absolute Gasteiger partial charge is 0.464 e. The van der Waals surface area contributed by atoms with E-state index in [0.29, 0.717) is 25.9 Å². The molecule has 1 fully saturated rings. The van der Waals surface area contributed by atoms with Gasteiger partial charge >= 0.3 is 5.97 Å². The quantitative estimate of drug-likeness (QED) is 0.674. The number of amides is 1. The monoisotopic (exact) mass is 403 g/mol. The van der Waals surface area contributed by atoms with Crippen LogP contribution < -0.4 is 5.32 Å². The number of carbonyl (C=O) groups excluding carboxylic acids is 2. The molecule has 0 unspecified atom stereocenters. The van der Waals surface area contributed by atoms with E-state index in [1.54, 1.807) is 23.0 Å². The first-order valence-electron chi connectivity index (χ1n) is 9.78. The van der Waals surface area contributed by atoms with Gasteiger partial charge in [-0.1, -0.05) is 24.3 Å². The normalized spacial score (nSPS) is 19.3. The smallest absolute Gasteiger partial charge is 0.360 e. The minimum atomic E-state index is -0.533. The van der Waals surface area contributed by atoms with Crippen molar-refractivity contribution < 1.29 is 18.7 Å². The Morgan fingerprint density at radius 2 is 2.07 bits per heavy atom. The second kappa shape index (κ2) is 9.60. The van der Waals surface area contributed by atoms with Gasteiger partial charge in [-0.2, -0.15) is 0 Å². The number of methoxy groups -OCH3 is 1. The van der Waals surface area contributed by atoms with E-state index in [-0.39, 0.29) is 29.5 Å². The number of halogens is 1. The fraction of sp³-hybridized carbons (Fsp3) is 0.500. The number of hydrogen-bond donors (Lipinski definition) is 1. The van der Waals surface area contributed by atoms with Crippen molar-refractivity contribution in [1.29, 1.82) is 0 Å². The van der Waals surface area contributed by atoms with E-state index >= 15 is 0 Å². The van der Waals surface area contributed by atoms with Crippen molar-refractivity contribution in [1.82, 2.24) is 25.2 Å². The van der Waals surface area contributed by atoms with Crippen LogP contribution in [0.4, 0.5) is 4.39 Å². The predicted molar refractivity (Wildman–Crippen MR) is 104 cm³/mol. The summed E-state index contributed by atoms with van der Waals surface area (Å²) in [6.07, 6.45) is 3.72. The van der Waals surface area contributed by atoms with E-state index in [2.05, 4.69) is 32.2 Å². The van der Waals surface area contributed by atoms with Gasteiger partial charge in [-0.05, 0) is 43.5 Å². The van der Waals surface area contributed by atoms with Crippen LogP contribution in [0.3, 0.4) is 0 Å². The van der Waals surface area contributed by atoms with Crippen LogP contribution in [-0.4, -0.2) is 64.6 Å². The highest BCUT2D eigenvalue weighted by molar-refractivity contribution is 5.86. The number of esters is 1. The first-order valence-corrected chi connectivity index (χ1v) is 9.78. The number of nitrogens with one attached hydrogen (secondary N) is 1. The summed E-state index contributed by atoms with van der Waals surface area (Å²) in [6.45, 7) is 4.02. The minimum Gasteiger partial charge on any atom is -0.464 e. The van der Waals surface area contributed by atoms with E-state index in [1.165, 1.54) is 19.2 Å². The number of rotatable bonds is 8. The van der Waals surface area contributed by atoms with Crippen LogP contribution in [0.2, 0.25) is 0 Å². The second-order valence-corrected chi connectivity index (χ2v) is 7.14. The van der Waals surface area contributed by atoms with Gasteiger partial charge in [0.15, 0.2) is 5.69 Å². The standard InChI is InChI=1S/C20H26FN5O3/c1-3-10-25-12-16(26-13-17(23-24-26)20(28)29-2)11-18(25)19(27)22-9-8-14-4-6-15(21)7-5-14/h4-7,13,16,18H,3,8-12H2,1-2H3,(H,22,27)/t16-,18-/m0/s1. The van der Waals surface area contributed by atoms with Crippen molar-refractivity contribution in [3.8, 4) is 0 Å². The molecule has 1 aliphatic heterocycles. The molecule has 1 aromatic carbocycles. The number of aromatic nitrogens is 3. The highest BCUT2D eigenvalue weighted by Gasteiger charge is 2.37. The second-order valence-electron chi connectivity index (χ2n) is 7.14. The molecule has 2 aromatic rings. The molecule has 1 amide bonds. The Bertz CT molecular complexity index is 839. The molecular formula is C20H26FN5O3. The Labute approximate surface area is 169 Å². The molecule has 0 aliphatic carbocycles. The molecule has 0 radical (unpaired) electrons. The molecule has 29 heavy (non-hydrogen) atoms. The van der Waals surface area contributed by atoms with Crippen molar-refractivity contribution >= 4 is 11.9 Å². The summed E-state index contributed by atoms with van der Waals surface area (Å²) in [7, 11) is 1.30. The number of nitrogens with zero attached hydrogens (tertiary/aromatic N) is 4. The summed E-state index contributed by atoms with van der Waals surface area (Å²) in [4.78, 5) is 26.5. The third kappa shape index (κ3) is 5.17.